The molecular formula is C27H30FN7. The van der Waals surface area contributed by atoms with Crippen LogP contribution in [0.15, 0.2) is 42.6 Å². The Labute approximate surface area is 206 Å². The Balaban J connectivity index is 1.45. The second kappa shape index (κ2) is 9.49. The number of anilines is 3. The molecule has 2 aliphatic heterocycles. The van der Waals surface area contributed by atoms with Gasteiger partial charge in [-0.25, -0.2) is 14.2 Å². The second-order valence-corrected chi connectivity index (χ2v) is 9.54. The molecule has 2 aliphatic rings. The third-order valence-electron chi connectivity index (χ3n) is 7.04. The summed E-state index contributed by atoms with van der Waals surface area (Å²) in [4.78, 5) is 24.9. The Hall–Kier alpha value is -3.73. The lowest BCUT2D eigenvalue weighted by molar-refractivity contribution is 0.541. The molecule has 1 aromatic carbocycles. The third-order valence-corrected chi connectivity index (χ3v) is 7.04. The number of hydrogen-bond acceptors (Lipinski definition) is 6. The minimum absolute atomic E-state index is 0.199. The molecular weight excluding hydrogens is 441 g/mol. The molecule has 0 spiro atoms. The first kappa shape index (κ1) is 23.0. The molecule has 2 aromatic heterocycles. The average molecular weight is 472 g/mol. The summed E-state index contributed by atoms with van der Waals surface area (Å²) in [7, 11) is 0. The molecule has 2 fully saturated rings. The summed E-state index contributed by atoms with van der Waals surface area (Å²) < 4.78 is 13.6. The van der Waals surface area contributed by atoms with E-state index < -0.39 is 0 Å². The van der Waals surface area contributed by atoms with Crippen LogP contribution in [0.2, 0.25) is 0 Å². The molecule has 180 valence electrons. The number of pyridine rings is 1. The van der Waals surface area contributed by atoms with Gasteiger partial charge < -0.3 is 14.7 Å². The van der Waals surface area contributed by atoms with Gasteiger partial charge in [0.1, 0.15) is 17.5 Å². The van der Waals surface area contributed by atoms with Gasteiger partial charge in [-0.05, 0) is 69.5 Å². The van der Waals surface area contributed by atoms with E-state index in [0.29, 0.717) is 11.7 Å². The van der Waals surface area contributed by atoms with Gasteiger partial charge in [0.05, 0.1) is 12.3 Å². The maximum atomic E-state index is 13.6. The van der Waals surface area contributed by atoms with Crippen molar-refractivity contribution in [3.8, 4) is 11.3 Å². The van der Waals surface area contributed by atoms with Crippen LogP contribution in [-0.2, 0) is 0 Å². The van der Waals surface area contributed by atoms with E-state index in [-0.39, 0.29) is 11.9 Å². The minimum Gasteiger partial charge on any atom is -0.353 e. The Bertz CT molecular complexity index is 1250. The Morgan fingerprint density at radius 2 is 1.80 bits per heavy atom. The van der Waals surface area contributed by atoms with E-state index in [1.165, 1.54) is 12.1 Å². The zero-order valence-electron chi connectivity index (χ0n) is 20.4. The molecule has 0 radical (unpaired) electrons. The number of aromatic nitrogens is 3. The van der Waals surface area contributed by atoms with Gasteiger partial charge in [-0.1, -0.05) is 0 Å². The van der Waals surface area contributed by atoms with Crippen molar-refractivity contribution >= 4 is 23.3 Å². The maximum Gasteiger partial charge on any atom is 0.228 e. The summed E-state index contributed by atoms with van der Waals surface area (Å²) in [5, 5.41) is 0. The lowest BCUT2D eigenvalue weighted by Crippen LogP contribution is -2.53. The van der Waals surface area contributed by atoms with Crippen molar-refractivity contribution in [2.24, 2.45) is 0 Å². The first-order valence-corrected chi connectivity index (χ1v) is 12.2. The molecule has 0 bridgehead atoms. The topological polar surface area (TPSA) is 52.8 Å². The summed E-state index contributed by atoms with van der Waals surface area (Å²) in [6.45, 7) is 17.0. The molecule has 2 atom stereocenters. The van der Waals surface area contributed by atoms with Crippen molar-refractivity contribution in [2.45, 2.75) is 45.7 Å². The molecule has 0 aliphatic carbocycles. The van der Waals surface area contributed by atoms with E-state index in [1.807, 2.05) is 19.1 Å². The maximum absolute atomic E-state index is 13.6. The number of halogens is 1. The zero-order chi connectivity index (χ0) is 24.5. The van der Waals surface area contributed by atoms with Gasteiger partial charge in [-0.15, -0.1) is 0 Å². The summed E-state index contributed by atoms with van der Waals surface area (Å²) in [5.74, 6) is 2.32. The van der Waals surface area contributed by atoms with Crippen molar-refractivity contribution in [2.75, 3.05) is 40.9 Å². The third kappa shape index (κ3) is 4.63. The number of piperazine rings is 1. The quantitative estimate of drug-likeness (QED) is 0.485. The van der Waals surface area contributed by atoms with E-state index in [1.54, 1.807) is 18.3 Å². The van der Waals surface area contributed by atoms with Gasteiger partial charge in [0.2, 0.25) is 11.6 Å². The van der Waals surface area contributed by atoms with E-state index in [2.05, 4.69) is 38.4 Å². The lowest BCUT2D eigenvalue weighted by atomic mass is 10.1. The van der Waals surface area contributed by atoms with Crippen LogP contribution in [0.1, 0.15) is 32.3 Å². The van der Waals surface area contributed by atoms with Gasteiger partial charge in [0.15, 0.2) is 0 Å². The summed E-state index contributed by atoms with van der Waals surface area (Å²) in [6, 6.07) is 11.0. The molecule has 8 heteroatoms. The summed E-state index contributed by atoms with van der Waals surface area (Å²) >= 11 is 0. The highest BCUT2D eigenvalue weighted by Gasteiger charge is 2.29. The van der Waals surface area contributed by atoms with Crippen LogP contribution >= 0.6 is 0 Å². The van der Waals surface area contributed by atoms with Crippen molar-refractivity contribution in [3.63, 3.8) is 0 Å². The first-order valence-electron chi connectivity index (χ1n) is 12.2. The fourth-order valence-electron chi connectivity index (χ4n) is 5.13. The largest absolute Gasteiger partial charge is 0.353 e. The Morgan fingerprint density at radius 3 is 2.46 bits per heavy atom. The van der Waals surface area contributed by atoms with Crippen molar-refractivity contribution in [1.82, 2.24) is 15.0 Å². The smallest absolute Gasteiger partial charge is 0.228 e. The highest BCUT2D eigenvalue weighted by Crippen LogP contribution is 2.31. The molecule has 0 amide bonds. The van der Waals surface area contributed by atoms with Crippen molar-refractivity contribution < 1.29 is 4.39 Å². The van der Waals surface area contributed by atoms with Crippen LogP contribution in [0.3, 0.4) is 0 Å². The zero-order valence-corrected chi connectivity index (χ0v) is 20.4. The minimum atomic E-state index is -0.255. The molecule has 4 heterocycles. The molecule has 2 saturated heterocycles. The second-order valence-electron chi connectivity index (χ2n) is 9.54. The fraction of sp³-hybridized carbons (Fsp3) is 0.407. The Morgan fingerprint density at radius 1 is 1.00 bits per heavy atom. The van der Waals surface area contributed by atoms with E-state index in [9.17, 15) is 4.39 Å². The van der Waals surface area contributed by atoms with Crippen LogP contribution in [0.5, 0.6) is 0 Å². The van der Waals surface area contributed by atoms with Gasteiger partial charge in [-0.2, -0.15) is 4.98 Å². The van der Waals surface area contributed by atoms with Crippen LogP contribution < -0.4 is 14.7 Å². The standard InChI is InChI=1S/C27H30FN7/c1-18-14-23(29-4)16-30-26(18)33-12-13-34(20(3)17-33)25-15-24(21-7-9-22(28)10-8-21)31-27(32-25)35-11-5-6-19(35)2/h7-10,14-16,19-20H,5-6,11-13,17H2,1-3H3/t19-,20-/m1/s1. The molecule has 0 saturated carbocycles. The predicted octanol–water partition coefficient (Wildman–Crippen LogP) is 5.24. The molecule has 0 unspecified atom stereocenters. The van der Waals surface area contributed by atoms with E-state index >= 15 is 0 Å². The molecule has 0 N–H and O–H groups in total. The van der Waals surface area contributed by atoms with Gasteiger partial charge in [0, 0.05) is 56.1 Å². The monoisotopic (exact) mass is 471 g/mol. The summed E-state index contributed by atoms with van der Waals surface area (Å²) in [5.41, 5.74) is 3.28. The van der Waals surface area contributed by atoms with Crippen molar-refractivity contribution in [3.05, 3.63) is 65.4 Å². The van der Waals surface area contributed by atoms with Crippen LogP contribution in [0.25, 0.3) is 16.1 Å². The predicted molar refractivity (Wildman–Crippen MR) is 138 cm³/mol. The number of benzene rings is 1. The summed E-state index contributed by atoms with van der Waals surface area (Å²) in [6.07, 6.45) is 3.91. The molecule has 5 rings (SSSR count). The van der Waals surface area contributed by atoms with Crippen molar-refractivity contribution in [1.29, 1.82) is 0 Å². The molecule has 7 nitrogen and oxygen atoms in total. The van der Waals surface area contributed by atoms with Gasteiger partial charge in [0.25, 0.3) is 0 Å². The van der Waals surface area contributed by atoms with Crippen LogP contribution in [0, 0.1) is 19.3 Å². The highest BCUT2D eigenvalue weighted by atomic mass is 19.1. The fourth-order valence-corrected chi connectivity index (χ4v) is 5.13. The SMILES string of the molecule is [C-]#[N+]c1cnc(N2CCN(c3cc(-c4ccc(F)cc4)nc(N4CCC[C@H]4C)n3)[C@H](C)C2)c(C)c1. The molecule has 35 heavy (non-hydrogen) atoms. The number of rotatable bonds is 4. The normalized spacial score (nSPS) is 20.3. The lowest BCUT2D eigenvalue weighted by Gasteiger charge is -2.41. The molecule has 3 aromatic rings. The van der Waals surface area contributed by atoms with Crippen LogP contribution in [0.4, 0.5) is 27.7 Å². The van der Waals surface area contributed by atoms with E-state index in [4.69, 9.17) is 16.5 Å². The van der Waals surface area contributed by atoms with Crippen LogP contribution in [-0.4, -0.2) is 53.2 Å². The van der Waals surface area contributed by atoms with Gasteiger partial charge >= 0.3 is 0 Å². The Kier molecular flexibility index (Phi) is 6.25. The highest BCUT2D eigenvalue weighted by molar-refractivity contribution is 5.66. The average Bonchev–Trinajstić information content (AvgIpc) is 3.30. The van der Waals surface area contributed by atoms with Gasteiger partial charge in [-0.3, -0.25) is 4.98 Å². The number of aryl methyl sites for hydroxylation is 1. The van der Waals surface area contributed by atoms with E-state index in [0.717, 1.165) is 73.4 Å². The number of hydrogen-bond donors (Lipinski definition) is 0. The first-order chi connectivity index (χ1) is 16.9. The number of nitrogens with zero attached hydrogens (tertiary/aromatic N) is 7.